The fourth-order valence-corrected chi connectivity index (χ4v) is 3.13. The zero-order valence-corrected chi connectivity index (χ0v) is 13.3. The van der Waals surface area contributed by atoms with Crippen molar-refractivity contribution in [2.24, 2.45) is 5.73 Å². The number of hydrogen-bond donors (Lipinski definition) is 3. The van der Waals surface area contributed by atoms with Gasteiger partial charge in [0.1, 0.15) is 0 Å². The van der Waals surface area contributed by atoms with Gasteiger partial charge in [-0.3, -0.25) is 4.72 Å². The molecule has 2 rings (SSSR count). The molecule has 0 amide bonds. The van der Waals surface area contributed by atoms with Gasteiger partial charge < -0.3 is 5.73 Å². The second kappa shape index (κ2) is 6.01. The maximum absolute atomic E-state index is 12.3. The number of nitrogens with one attached hydrogen (secondary N) is 1. The Morgan fingerprint density at radius 1 is 1.19 bits per heavy atom. The van der Waals surface area contributed by atoms with Crippen molar-refractivity contribution in [1.29, 1.82) is 0 Å². The Labute approximate surface area is 134 Å². The van der Waals surface area contributed by atoms with E-state index in [-0.39, 0.29) is 10.6 Å². The Bertz CT molecular complexity index is 787. The van der Waals surface area contributed by atoms with Crippen LogP contribution in [0.2, 0.25) is 5.02 Å². The summed E-state index contributed by atoms with van der Waals surface area (Å²) < 4.78 is 27.1. The van der Waals surface area contributed by atoms with E-state index in [1.807, 2.05) is 0 Å². The van der Waals surface area contributed by atoms with E-state index in [1.54, 1.807) is 24.3 Å². The van der Waals surface area contributed by atoms with E-state index in [1.165, 1.54) is 18.2 Å². The zero-order chi connectivity index (χ0) is 15.6. The van der Waals surface area contributed by atoms with Crippen molar-refractivity contribution in [2.45, 2.75) is 9.79 Å². The SMILES string of the molecule is C=C(N)c1cc(S(=O)(=O)Nc2ccc(S)cc2)ccc1Cl. The Morgan fingerprint density at radius 2 is 1.81 bits per heavy atom. The van der Waals surface area contributed by atoms with Crippen molar-refractivity contribution >= 4 is 45.6 Å². The Kier molecular flexibility index (Phi) is 4.51. The maximum atomic E-state index is 12.3. The average molecular weight is 341 g/mol. The van der Waals surface area contributed by atoms with Crippen LogP contribution in [0.4, 0.5) is 5.69 Å². The molecule has 0 saturated heterocycles. The third-order valence-corrected chi connectivity index (χ3v) is 4.72. The van der Waals surface area contributed by atoms with Gasteiger partial charge in [0.15, 0.2) is 0 Å². The summed E-state index contributed by atoms with van der Waals surface area (Å²) in [7, 11) is -3.73. The summed E-state index contributed by atoms with van der Waals surface area (Å²) in [5.74, 6) is 0. The molecule has 0 aliphatic heterocycles. The van der Waals surface area contributed by atoms with Crippen LogP contribution >= 0.6 is 24.2 Å². The number of anilines is 1. The van der Waals surface area contributed by atoms with Crippen molar-refractivity contribution in [3.8, 4) is 0 Å². The van der Waals surface area contributed by atoms with Crippen LogP contribution in [0.15, 0.2) is 58.8 Å². The molecule has 0 aromatic heterocycles. The van der Waals surface area contributed by atoms with E-state index in [0.29, 0.717) is 16.3 Å². The summed E-state index contributed by atoms with van der Waals surface area (Å²) in [6.07, 6.45) is 0. The smallest absolute Gasteiger partial charge is 0.261 e. The van der Waals surface area contributed by atoms with Crippen molar-refractivity contribution in [3.63, 3.8) is 0 Å². The Balaban J connectivity index is 2.38. The molecule has 0 bridgehead atoms. The molecule has 7 heteroatoms. The average Bonchev–Trinajstić information content (AvgIpc) is 2.41. The molecule has 0 saturated carbocycles. The molecule has 2 aromatic rings. The normalized spacial score (nSPS) is 11.1. The molecule has 3 N–H and O–H groups in total. The maximum Gasteiger partial charge on any atom is 0.261 e. The minimum absolute atomic E-state index is 0.0588. The van der Waals surface area contributed by atoms with Gasteiger partial charge in [0.2, 0.25) is 0 Å². The van der Waals surface area contributed by atoms with Gasteiger partial charge in [0.05, 0.1) is 4.90 Å². The third-order valence-electron chi connectivity index (χ3n) is 2.71. The van der Waals surface area contributed by atoms with Gasteiger partial charge in [-0.1, -0.05) is 18.2 Å². The molecule has 0 spiro atoms. The highest BCUT2D eigenvalue weighted by Crippen LogP contribution is 2.25. The molecule has 21 heavy (non-hydrogen) atoms. The lowest BCUT2D eigenvalue weighted by atomic mass is 10.2. The van der Waals surface area contributed by atoms with Crippen LogP contribution in [0.1, 0.15) is 5.56 Å². The van der Waals surface area contributed by atoms with Gasteiger partial charge in [-0.05, 0) is 42.5 Å². The van der Waals surface area contributed by atoms with Crippen LogP contribution < -0.4 is 10.5 Å². The lowest BCUT2D eigenvalue weighted by molar-refractivity contribution is 0.601. The van der Waals surface area contributed by atoms with E-state index in [4.69, 9.17) is 17.3 Å². The number of nitrogens with two attached hydrogens (primary N) is 1. The largest absolute Gasteiger partial charge is 0.399 e. The van der Waals surface area contributed by atoms with Crippen molar-refractivity contribution in [2.75, 3.05) is 4.72 Å². The number of halogens is 1. The summed E-state index contributed by atoms with van der Waals surface area (Å²) in [4.78, 5) is 0.801. The molecule has 0 heterocycles. The summed E-state index contributed by atoms with van der Waals surface area (Å²) in [5, 5.41) is 0.348. The predicted molar refractivity (Wildman–Crippen MR) is 89.2 cm³/mol. The summed E-state index contributed by atoms with van der Waals surface area (Å²) in [5.41, 5.74) is 6.63. The number of hydrogen-bond acceptors (Lipinski definition) is 4. The van der Waals surface area contributed by atoms with Crippen LogP contribution in [0.25, 0.3) is 5.70 Å². The molecule has 0 fully saturated rings. The monoisotopic (exact) mass is 340 g/mol. The first-order valence-corrected chi connectivity index (χ1v) is 8.16. The van der Waals surface area contributed by atoms with Gasteiger partial charge in [-0.25, -0.2) is 8.42 Å². The quantitative estimate of drug-likeness (QED) is 0.747. The molecule has 0 unspecified atom stereocenters. The summed E-state index contributed by atoms with van der Waals surface area (Å²) in [6, 6.07) is 10.9. The second-order valence-corrected chi connectivity index (χ2v) is 6.93. The fraction of sp³-hybridized carbons (Fsp3) is 0. The highest BCUT2D eigenvalue weighted by atomic mass is 35.5. The molecular weight excluding hydrogens is 328 g/mol. The van der Waals surface area contributed by atoms with Gasteiger partial charge >= 0.3 is 0 Å². The van der Waals surface area contributed by atoms with Gasteiger partial charge in [-0.15, -0.1) is 12.6 Å². The summed E-state index contributed by atoms with van der Waals surface area (Å²) in [6.45, 7) is 3.57. The molecule has 110 valence electrons. The first-order chi connectivity index (χ1) is 9.79. The number of benzene rings is 2. The predicted octanol–water partition coefficient (Wildman–Crippen LogP) is 3.36. The first-order valence-electron chi connectivity index (χ1n) is 5.86. The molecule has 0 radical (unpaired) electrons. The van der Waals surface area contributed by atoms with Crippen LogP contribution in [0.5, 0.6) is 0 Å². The molecule has 0 aliphatic rings. The van der Waals surface area contributed by atoms with E-state index >= 15 is 0 Å². The number of rotatable bonds is 4. The topological polar surface area (TPSA) is 72.2 Å². The number of sulfonamides is 1. The van der Waals surface area contributed by atoms with E-state index in [2.05, 4.69) is 23.9 Å². The first kappa shape index (κ1) is 15.8. The standard InChI is InChI=1S/C14H13ClN2O2S2/c1-9(16)13-8-12(6-7-14(13)15)21(18,19)17-10-2-4-11(20)5-3-10/h2-8,17,20H,1,16H2. The van der Waals surface area contributed by atoms with Crippen LogP contribution in [0.3, 0.4) is 0 Å². The van der Waals surface area contributed by atoms with E-state index in [0.717, 1.165) is 4.90 Å². The van der Waals surface area contributed by atoms with E-state index in [9.17, 15) is 8.42 Å². The Morgan fingerprint density at radius 3 is 2.38 bits per heavy atom. The molecule has 4 nitrogen and oxygen atoms in total. The highest BCUT2D eigenvalue weighted by Gasteiger charge is 2.16. The lowest BCUT2D eigenvalue weighted by Gasteiger charge is -2.10. The minimum atomic E-state index is -3.73. The highest BCUT2D eigenvalue weighted by molar-refractivity contribution is 7.92. The van der Waals surface area contributed by atoms with Gasteiger partial charge in [0.25, 0.3) is 10.0 Å². The van der Waals surface area contributed by atoms with Crippen molar-refractivity contribution < 1.29 is 8.42 Å². The van der Waals surface area contributed by atoms with Gasteiger partial charge in [-0.2, -0.15) is 0 Å². The molecular formula is C14H13ClN2O2S2. The minimum Gasteiger partial charge on any atom is -0.399 e. The van der Waals surface area contributed by atoms with Crippen LogP contribution in [-0.4, -0.2) is 8.42 Å². The fourth-order valence-electron chi connectivity index (χ4n) is 1.66. The lowest BCUT2D eigenvalue weighted by Crippen LogP contribution is -2.13. The van der Waals surface area contributed by atoms with Crippen LogP contribution in [0, 0.1) is 0 Å². The number of thiol groups is 1. The van der Waals surface area contributed by atoms with Crippen molar-refractivity contribution in [1.82, 2.24) is 0 Å². The van der Waals surface area contributed by atoms with Gasteiger partial charge in [0, 0.05) is 26.9 Å². The molecule has 2 aromatic carbocycles. The Hall–Kier alpha value is -1.63. The summed E-state index contributed by atoms with van der Waals surface area (Å²) >= 11 is 10.1. The van der Waals surface area contributed by atoms with Crippen LogP contribution in [-0.2, 0) is 10.0 Å². The van der Waals surface area contributed by atoms with Crippen molar-refractivity contribution in [3.05, 3.63) is 59.6 Å². The molecule has 0 aliphatic carbocycles. The zero-order valence-electron chi connectivity index (χ0n) is 10.9. The molecule has 0 atom stereocenters. The second-order valence-electron chi connectivity index (χ2n) is 4.32. The van der Waals surface area contributed by atoms with E-state index < -0.39 is 10.0 Å². The third kappa shape index (κ3) is 3.72.